The quantitative estimate of drug-likeness (QED) is 0.707. The molecule has 25 heavy (non-hydrogen) atoms. The van der Waals surface area contributed by atoms with Gasteiger partial charge in [0.05, 0.1) is 11.9 Å². The van der Waals surface area contributed by atoms with Gasteiger partial charge in [-0.3, -0.25) is 9.08 Å². The number of benzene rings is 1. The van der Waals surface area contributed by atoms with Gasteiger partial charge in [0, 0.05) is 6.07 Å². The van der Waals surface area contributed by atoms with E-state index in [0.29, 0.717) is 23.6 Å². The van der Waals surface area contributed by atoms with Crippen LogP contribution in [0.15, 0.2) is 53.8 Å². The monoisotopic (exact) mass is 361 g/mol. The van der Waals surface area contributed by atoms with Crippen molar-refractivity contribution in [3.05, 3.63) is 76.2 Å². The van der Waals surface area contributed by atoms with Crippen LogP contribution in [0.25, 0.3) is 12.2 Å². The number of hydrogen-bond acceptors (Lipinski definition) is 5. The number of hydrogen-bond donors (Lipinski definition) is 0. The predicted octanol–water partition coefficient (Wildman–Crippen LogP) is 2.28. The van der Waals surface area contributed by atoms with E-state index in [9.17, 15) is 13.2 Å². The van der Waals surface area contributed by atoms with Crippen molar-refractivity contribution in [1.82, 2.24) is 4.73 Å². The molecule has 2 rings (SSSR count). The maximum atomic E-state index is 12.0. The van der Waals surface area contributed by atoms with E-state index in [-0.39, 0.29) is 0 Å². The first-order valence-corrected chi connectivity index (χ1v) is 9.25. The summed E-state index contributed by atoms with van der Waals surface area (Å²) in [4.78, 5) is 12.0. The third-order valence-electron chi connectivity index (χ3n) is 3.07. The second-order valence-electron chi connectivity index (χ2n) is 5.37. The lowest BCUT2D eigenvalue weighted by atomic mass is 10.1. The number of nitrogens with zero attached hydrogens (tertiary/aromatic N) is 1. The fourth-order valence-corrected chi connectivity index (χ4v) is 2.49. The zero-order chi connectivity index (χ0) is 18.4. The summed E-state index contributed by atoms with van der Waals surface area (Å²) in [6.07, 6.45) is 5.90. The molecule has 0 spiro atoms. The van der Waals surface area contributed by atoms with Gasteiger partial charge < -0.3 is 4.74 Å². The third-order valence-corrected chi connectivity index (χ3v) is 3.49. The molecule has 0 bridgehead atoms. The van der Waals surface area contributed by atoms with Crippen molar-refractivity contribution < 1.29 is 17.4 Å². The molecule has 0 atom stereocenters. The van der Waals surface area contributed by atoms with Crippen molar-refractivity contribution in [2.24, 2.45) is 0 Å². The summed E-state index contributed by atoms with van der Waals surface area (Å²) in [5.41, 5.74) is 1.32. The van der Waals surface area contributed by atoms with Crippen LogP contribution in [-0.2, 0) is 10.1 Å². The molecule has 0 fully saturated rings. The predicted molar refractivity (Wildman–Crippen MR) is 97.9 cm³/mol. The second kappa shape index (κ2) is 7.85. The molecule has 0 unspecified atom stereocenters. The minimum Gasteiger partial charge on any atom is -0.490 e. The number of pyridine rings is 1. The van der Waals surface area contributed by atoms with Crippen LogP contribution in [0.5, 0.6) is 5.75 Å². The third kappa shape index (κ3) is 5.65. The Morgan fingerprint density at radius 1 is 1.16 bits per heavy atom. The fourth-order valence-electron chi connectivity index (χ4n) is 2.06. The standard InChI is InChI=1S/C18H19NO5S/c1-4-11-23-17-9-6-15(7-10-17)5-8-16-12-14(2)13-18(20)19(16)24-25(3,21)22/h4-10,12-13H,1,11H2,2-3H3. The molecule has 6 nitrogen and oxygen atoms in total. The van der Waals surface area contributed by atoms with Crippen LogP contribution in [0.1, 0.15) is 16.8 Å². The van der Waals surface area contributed by atoms with Gasteiger partial charge in [0.15, 0.2) is 0 Å². The highest BCUT2D eigenvalue weighted by atomic mass is 32.2. The Morgan fingerprint density at radius 2 is 1.84 bits per heavy atom. The van der Waals surface area contributed by atoms with E-state index in [1.807, 2.05) is 12.1 Å². The van der Waals surface area contributed by atoms with Gasteiger partial charge in [-0.15, -0.1) is 4.73 Å². The minimum absolute atomic E-state index is 0.322. The summed E-state index contributed by atoms with van der Waals surface area (Å²) >= 11 is 0. The van der Waals surface area contributed by atoms with Gasteiger partial charge in [0.1, 0.15) is 12.4 Å². The van der Waals surface area contributed by atoms with Crippen molar-refractivity contribution in [1.29, 1.82) is 0 Å². The summed E-state index contributed by atoms with van der Waals surface area (Å²) < 4.78 is 33.6. The largest absolute Gasteiger partial charge is 0.490 e. The van der Waals surface area contributed by atoms with E-state index in [1.165, 1.54) is 6.07 Å². The first-order chi connectivity index (χ1) is 11.8. The average molecular weight is 361 g/mol. The highest BCUT2D eigenvalue weighted by Gasteiger charge is 2.10. The van der Waals surface area contributed by atoms with Crippen molar-refractivity contribution in [3.8, 4) is 5.75 Å². The highest BCUT2D eigenvalue weighted by molar-refractivity contribution is 7.86. The minimum atomic E-state index is -3.83. The molecule has 0 saturated carbocycles. The van der Waals surface area contributed by atoms with Gasteiger partial charge in [0.2, 0.25) is 0 Å². The molecule has 0 aliphatic rings. The molecule has 1 heterocycles. The number of rotatable bonds is 7. The summed E-state index contributed by atoms with van der Waals surface area (Å²) in [6, 6.07) is 10.2. The van der Waals surface area contributed by atoms with Crippen molar-refractivity contribution in [2.75, 3.05) is 12.9 Å². The Morgan fingerprint density at radius 3 is 2.44 bits per heavy atom. The maximum absolute atomic E-state index is 12.0. The zero-order valence-electron chi connectivity index (χ0n) is 14.0. The highest BCUT2D eigenvalue weighted by Crippen LogP contribution is 2.14. The molecular formula is C18H19NO5S. The molecule has 7 heteroatoms. The van der Waals surface area contributed by atoms with Gasteiger partial charge in [-0.2, -0.15) is 8.42 Å². The van der Waals surface area contributed by atoms with Gasteiger partial charge in [-0.05, 0) is 42.3 Å². The number of ether oxygens (including phenoxy) is 1. The molecule has 2 aromatic rings. The average Bonchev–Trinajstić information content (AvgIpc) is 2.53. The summed E-state index contributed by atoms with van der Waals surface area (Å²) in [5.74, 6) is 0.713. The van der Waals surface area contributed by atoms with E-state index >= 15 is 0 Å². The van der Waals surface area contributed by atoms with Crippen LogP contribution in [-0.4, -0.2) is 26.0 Å². The van der Waals surface area contributed by atoms with Crippen LogP contribution >= 0.6 is 0 Å². The van der Waals surface area contributed by atoms with Crippen molar-refractivity contribution >= 4 is 22.3 Å². The Labute approximate surface area is 146 Å². The lowest BCUT2D eigenvalue weighted by Crippen LogP contribution is -2.31. The Hall–Kier alpha value is -2.80. The Balaban J connectivity index is 2.31. The normalized spacial score (nSPS) is 11.4. The van der Waals surface area contributed by atoms with E-state index < -0.39 is 15.7 Å². The van der Waals surface area contributed by atoms with Crippen LogP contribution in [0.2, 0.25) is 0 Å². The molecule has 1 aromatic carbocycles. The van der Waals surface area contributed by atoms with E-state index in [1.54, 1.807) is 43.4 Å². The van der Waals surface area contributed by atoms with Crippen LogP contribution in [0.3, 0.4) is 0 Å². The lowest BCUT2D eigenvalue weighted by molar-refractivity contribution is 0.267. The molecule has 1 aromatic heterocycles. The van der Waals surface area contributed by atoms with E-state index in [4.69, 9.17) is 9.02 Å². The van der Waals surface area contributed by atoms with Gasteiger partial charge in [-0.1, -0.05) is 30.9 Å². The summed E-state index contributed by atoms with van der Waals surface area (Å²) in [6.45, 7) is 5.75. The van der Waals surface area contributed by atoms with Gasteiger partial charge in [0.25, 0.3) is 5.56 Å². The maximum Gasteiger partial charge on any atom is 0.324 e. The molecule has 0 aliphatic carbocycles. The van der Waals surface area contributed by atoms with Crippen LogP contribution in [0.4, 0.5) is 0 Å². The van der Waals surface area contributed by atoms with E-state index in [2.05, 4.69) is 6.58 Å². The zero-order valence-corrected chi connectivity index (χ0v) is 14.8. The molecule has 0 radical (unpaired) electrons. The smallest absolute Gasteiger partial charge is 0.324 e. The van der Waals surface area contributed by atoms with Crippen molar-refractivity contribution in [2.45, 2.75) is 6.92 Å². The number of aryl methyl sites for hydroxylation is 1. The van der Waals surface area contributed by atoms with Crippen molar-refractivity contribution in [3.63, 3.8) is 0 Å². The summed E-state index contributed by atoms with van der Waals surface area (Å²) in [7, 11) is -3.83. The molecule has 0 amide bonds. The number of aromatic nitrogens is 1. The molecule has 132 valence electrons. The SMILES string of the molecule is C=CCOc1ccc(C=Cc2cc(C)cc(=O)n2OS(C)(=O)=O)cc1. The van der Waals surface area contributed by atoms with E-state index in [0.717, 1.165) is 16.5 Å². The first kappa shape index (κ1) is 18.5. The molecular weight excluding hydrogens is 342 g/mol. The molecule has 0 saturated heterocycles. The second-order valence-corrected chi connectivity index (χ2v) is 6.93. The first-order valence-electron chi connectivity index (χ1n) is 7.44. The topological polar surface area (TPSA) is 74.6 Å². The van der Waals surface area contributed by atoms with Crippen LogP contribution < -0.4 is 14.6 Å². The Kier molecular flexibility index (Phi) is 5.82. The fraction of sp³-hybridized carbons (Fsp3) is 0.167. The van der Waals surface area contributed by atoms with Crippen LogP contribution in [0, 0.1) is 6.92 Å². The lowest BCUT2D eigenvalue weighted by Gasteiger charge is -2.09. The van der Waals surface area contributed by atoms with Gasteiger partial charge >= 0.3 is 10.1 Å². The molecule has 0 N–H and O–H groups in total. The summed E-state index contributed by atoms with van der Waals surface area (Å²) in [5, 5.41) is 0. The molecule has 0 aliphatic heterocycles. The Bertz CT molecular complexity index is 940. The van der Waals surface area contributed by atoms with Gasteiger partial charge in [-0.25, -0.2) is 0 Å².